The van der Waals surface area contributed by atoms with Crippen molar-refractivity contribution < 1.29 is 13.2 Å². The Kier molecular flexibility index (Phi) is 4.06. The lowest BCUT2D eigenvalue weighted by atomic mass is 10.1. The van der Waals surface area contributed by atoms with Gasteiger partial charge in [-0.05, 0) is 43.9 Å². The first-order valence-electron chi connectivity index (χ1n) is 7.43. The van der Waals surface area contributed by atoms with Crippen LogP contribution >= 0.6 is 0 Å². The van der Waals surface area contributed by atoms with Crippen molar-refractivity contribution in [3.05, 3.63) is 41.7 Å². The van der Waals surface area contributed by atoms with Crippen molar-refractivity contribution in [3.63, 3.8) is 0 Å². The smallest absolute Gasteiger partial charge is 0.232 e. The second kappa shape index (κ2) is 5.85. The van der Waals surface area contributed by atoms with Gasteiger partial charge in [0, 0.05) is 19.0 Å². The topological polar surface area (TPSA) is 61.2 Å². The van der Waals surface area contributed by atoms with Crippen molar-refractivity contribution in [2.24, 2.45) is 0 Å². The van der Waals surface area contributed by atoms with Gasteiger partial charge < -0.3 is 4.74 Å². The molecule has 0 spiro atoms. The standard InChI is InChI=1S/C16H20N2O3S/c1-12-5-6-13(2)15(10-12)18-8-7-17-16(18)22(19,20)11-14-4-3-9-21-14/h5-8,10,14H,3-4,9,11H2,1-2H3/t14-/m0/s1. The van der Waals surface area contributed by atoms with Gasteiger partial charge in [0.15, 0.2) is 0 Å². The van der Waals surface area contributed by atoms with E-state index in [9.17, 15) is 8.42 Å². The first kappa shape index (κ1) is 15.2. The van der Waals surface area contributed by atoms with Gasteiger partial charge in [-0.1, -0.05) is 12.1 Å². The maximum atomic E-state index is 12.7. The fraction of sp³-hybridized carbons (Fsp3) is 0.438. The molecule has 0 aliphatic carbocycles. The number of hydrogen-bond acceptors (Lipinski definition) is 4. The predicted octanol–water partition coefficient (Wildman–Crippen LogP) is 2.44. The van der Waals surface area contributed by atoms with Gasteiger partial charge in [-0.15, -0.1) is 0 Å². The summed E-state index contributed by atoms with van der Waals surface area (Å²) in [5.41, 5.74) is 2.94. The Bertz CT molecular complexity index is 774. The predicted molar refractivity (Wildman–Crippen MR) is 84.1 cm³/mol. The van der Waals surface area contributed by atoms with Gasteiger partial charge in [-0.25, -0.2) is 13.4 Å². The molecule has 1 aromatic carbocycles. The second-order valence-corrected chi connectivity index (χ2v) is 7.71. The van der Waals surface area contributed by atoms with Crippen LogP contribution in [0.2, 0.25) is 0 Å². The summed E-state index contributed by atoms with van der Waals surface area (Å²) in [7, 11) is -3.48. The first-order chi connectivity index (χ1) is 10.5. The van der Waals surface area contributed by atoms with E-state index in [2.05, 4.69) is 4.98 Å². The van der Waals surface area contributed by atoms with E-state index < -0.39 is 9.84 Å². The van der Waals surface area contributed by atoms with Gasteiger partial charge in [-0.3, -0.25) is 4.57 Å². The molecule has 1 aliphatic rings. The van der Waals surface area contributed by atoms with Gasteiger partial charge in [0.1, 0.15) is 0 Å². The first-order valence-corrected chi connectivity index (χ1v) is 9.08. The third-order valence-corrected chi connectivity index (χ3v) is 5.61. The van der Waals surface area contributed by atoms with Crippen LogP contribution < -0.4 is 0 Å². The van der Waals surface area contributed by atoms with Crippen LogP contribution in [0.3, 0.4) is 0 Å². The Balaban J connectivity index is 1.99. The van der Waals surface area contributed by atoms with Crippen LogP contribution in [0.25, 0.3) is 5.69 Å². The number of aromatic nitrogens is 2. The molecule has 0 radical (unpaired) electrons. The Morgan fingerprint density at radius 1 is 1.36 bits per heavy atom. The average molecular weight is 320 g/mol. The van der Waals surface area contributed by atoms with E-state index in [4.69, 9.17) is 4.74 Å². The van der Waals surface area contributed by atoms with Gasteiger partial charge >= 0.3 is 0 Å². The highest BCUT2D eigenvalue weighted by Crippen LogP contribution is 2.23. The van der Waals surface area contributed by atoms with Gasteiger partial charge in [0.25, 0.3) is 0 Å². The van der Waals surface area contributed by atoms with Crippen LogP contribution in [-0.4, -0.2) is 36.4 Å². The zero-order valence-electron chi connectivity index (χ0n) is 12.8. The lowest BCUT2D eigenvalue weighted by molar-refractivity contribution is 0.127. The number of sulfone groups is 1. The molecule has 2 heterocycles. The molecule has 3 rings (SSSR count). The van der Waals surface area contributed by atoms with E-state index >= 15 is 0 Å². The molecule has 1 atom stereocenters. The van der Waals surface area contributed by atoms with Crippen LogP contribution in [0.5, 0.6) is 0 Å². The van der Waals surface area contributed by atoms with Crippen LogP contribution in [0.4, 0.5) is 0 Å². The largest absolute Gasteiger partial charge is 0.377 e. The molecular formula is C16H20N2O3S. The van der Waals surface area contributed by atoms with Crippen molar-refractivity contribution in [1.29, 1.82) is 0 Å². The van der Waals surface area contributed by atoms with Gasteiger partial charge in [-0.2, -0.15) is 0 Å². The lowest BCUT2D eigenvalue weighted by Crippen LogP contribution is -2.23. The molecule has 0 N–H and O–H groups in total. The number of ether oxygens (including phenoxy) is 1. The SMILES string of the molecule is Cc1ccc(C)c(-n2ccnc2S(=O)(=O)C[C@@H]2CCCO2)c1. The minimum absolute atomic E-state index is 0.00508. The summed E-state index contributed by atoms with van der Waals surface area (Å²) in [6.07, 6.45) is 4.73. The number of hydrogen-bond donors (Lipinski definition) is 0. The van der Waals surface area contributed by atoms with E-state index in [0.717, 1.165) is 29.7 Å². The molecule has 118 valence electrons. The molecule has 6 heteroatoms. The molecule has 1 fully saturated rings. The zero-order valence-corrected chi connectivity index (χ0v) is 13.6. The fourth-order valence-electron chi connectivity index (χ4n) is 2.78. The second-order valence-electron chi connectivity index (χ2n) is 5.79. The average Bonchev–Trinajstić information content (AvgIpc) is 3.12. The van der Waals surface area contributed by atoms with E-state index in [1.807, 2.05) is 32.0 Å². The maximum absolute atomic E-state index is 12.7. The lowest BCUT2D eigenvalue weighted by Gasteiger charge is -2.14. The molecule has 0 amide bonds. The van der Waals surface area contributed by atoms with Crippen molar-refractivity contribution >= 4 is 9.84 Å². The molecule has 0 saturated carbocycles. The van der Waals surface area contributed by atoms with Crippen LogP contribution in [0, 0.1) is 13.8 Å². The number of aryl methyl sites for hydroxylation is 2. The number of nitrogens with zero attached hydrogens (tertiary/aromatic N) is 2. The number of rotatable bonds is 4. The summed E-state index contributed by atoms with van der Waals surface area (Å²) in [5, 5.41) is 0.0942. The van der Waals surface area contributed by atoms with Crippen LogP contribution in [0.1, 0.15) is 24.0 Å². The highest BCUT2D eigenvalue weighted by Gasteiger charge is 2.28. The molecule has 22 heavy (non-hydrogen) atoms. The highest BCUT2D eigenvalue weighted by atomic mass is 32.2. The Morgan fingerprint density at radius 2 is 2.18 bits per heavy atom. The molecule has 1 saturated heterocycles. The van der Waals surface area contributed by atoms with E-state index in [1.54, 1.807) is 10.8 Å². The fourth-order valence-corrected chi connectivity index (χ4v) is 4.36. The van der Waals surface area contributed by atoms with Gasteiger partial charge in [0.2, 0.25) is 15.0 Å². The van der Waals surface area contributed by atoms with Crippen LogP contribution in [-0.2, 0) is 14.6 Å². The summed E-state index contributed by atoms with van der Waals surface area (Å²) in [5.74, 6) is -0.00508. The molecule has 1 aliphatic heterocycles. The normalized spacial score (nSPS) is 18.7. The number of benzene rings is 1. The summed E-state index contributed by atoms with van der Waals surface area (Å²) < 4.78 is 32.5. The minimum Gasteiger partial charge on any atom is -0.377 e. The minimum atomic E-state index is -3.48. The summed E-state index contributed by atoms with van der Waals surface area (Å²) in [6.45, 7) is 4.59. The van der Waals surface area contributed by atoms with E-state index in [1.165, 1.54) is 6.20 Å². The monoisotopic (exact) mass is 320 g/mol. The van der Waals surface area contributed by atoms with Crippen molar-refractivity contribution in [2.75, 3.05) is 12.4 Å². The van der Waals surface area contributed by atoms with Crippen molar-refractivity contribution in [2.45, 2.75) is 37.9 Å². The quantitative estimate of drug-likeness (QED) is 0.868. The van der Waals surface area contributed by atoms with E-state index in [-0.39, 0.29) is 17.0 Å². The Labute approximate surface area is 130 Å². The third-order valence-electron chi connectivity index (χ3n) is 3.94. The molecular weight excluding hydrogens is 300 g/mol. The van der Waals surface area contributed by atoms with Crippen molar-refractivity contribution in [1.82, 2.24) is 9.55 Å². The molecule has 0 unspecified atom stereocenters. The third kappa shape index (κ3) is 2.94. The summed E-state index contributed by atoms with van der Waals surface area (Å²) in [4.78, 5) is 4.10. The summed E-state index contributed by atoms with van der Waals surface area (Å²) in [6, 6.07) is 5.97. The van der Waals surface area contributed by atoms with E-state index in [0.29, 0.717) is 6.61 Å². The molecule has 5 nitrogen and oxygen atoms in total. The molecule has 2 aromatic rings. The summed E-state index contributed by atoms with van der Waals surface area (Å²) >= 11 is 0. The van der Waals surface area contributed by atoms with Crippen molar-refractivity contribution in [3.8, 4) is 5.69 Å². The molecule has 0 bridgehead atoms. The molecule has 1 aromatic heterocycles. The Morgan fingerprint density at radius 3 is 2.91 bits per heavy atom. The number of imidazole rings is 1. The Hall–Kier alpha value is -1.66. The van der Waals surface area contributed by atoms with Gasteiger partial charge in [0.05, 0.1) is 17.5 Å². The highest BCUT2D eigenvalue weighted by molar-refractivity contribution is 7.91. The maximum Gasteiger partial charge on any atom is 0.232 e. The van der Waals surface area contributed by atoms with Crippen LogP contribution in [0.15, 0.2) is 35.7 Å². The zero-order chi connectivity index (χ0) is 15.7.